The van der Waals surface area contributed by atoms with Gasteiger partial charge in [0.15, 0.2) is 0 Å². The predicted molar refractivity (Wildman–Crippen MR) is 166 cm³/mol. The zero-order valence-corrected chi connectivity index (χ0v) is 26.5. The highest BCUT2D eigenvalue weighted by atomic mass is 19.4. The smallest absolute Gasteiger partial charge is 0.364 e. The number of hydrogen-bond donors (Lipinski definition) is 1. The summed E-state index contributed by atoms with van der Waals surface area (Å²) >= 11 is 0. The lowest BCUT2D eigenvalue weighted by Crippen LogP contribution is -2.43. The summed E-state index contributed by atoms with van der Waals surface area (Å²) in [5, 5.41) is 0. The zero-order valence-electron chi connectivity index (χ0n) is 26.5. The van der Waals surface area contributed by atoms with Gasteiger partial charge in [-0.1, -0.05) is 55.8 Å². The van der Waals surface area contributed by atoms with E-state index >= 15 is 8.78 Å². The first-order valence-electron chi connectivity index (χ1n) is 14.6. The van der Waals surface area contributed by atoms with E-state index in [0.29, 0.717) is 17.7 Å². The Morgan fingerprint density at radius 3 is 2.07 bits per heavy atom. The van der Waals surface area contributed by atoms with Gasteiger partial charge in [0.25, 0.3) is 0 Å². The average Bonchev–Trinajstić information content (AvgIpc) is 3.35. The number of rotatable bonds is 7. The van der Waals surface area contributed by atoms with E-state index in [0.717, 1.165) is 51.5 Å². The predicted octanol–water partition coefficient (Wildman–Crippen LogP) is 10.6. The van der Waals surface area contributed by atoms with Crippen molar-refractivity contribution < 1.29 is 22.0 Å². The van der Waals surface area contributed by atoms with Crippen LogP contribution >= 0.6 is 0 Å². The van der Waals surface area contributed by atoms with E-state index in [9.17, 15) is 13.2 Å². The molecule has 3 aromatic rings. The van der Waals surface area contributed by atoms with Crippen LogP contribution in [0.4, 0.5) is 22.0 Å². The largest absolute Gasteiger partial charge is 0.431 e. The van der Waals surface area contributed by atoms with Crippen LogP contribution in [0.2, 0.25) is 0 Å². The van der Waals surface area contributed by atoms with Gasteiger partial charge in [0, 0.05) is 23.7 Å². The second kappa shape index (κ2) is 11.5. The molecule has 0 spiro atoms. The first-order valence-corrected chi connectivity index (χ1v) is 14.6. The summed E-state index contributed by atoms with van der Waals surface area (Å²) in [6.45, 7) is 18.7. The Balaban J connectivity index is 2.24. The second-order valence-electron chi connectivity index (χ2n) is 12.3. The zero-order chi connectivity index (χ0) is 32.2. The summed E-state index contributed by atoms with van der Waals surface area (Å²) in [6.07, 6.45) is -3.31. The van der Waals surface area contributed by atoms with Crippen molar-refractivity contribution in [1.82, 2.24) is 9.88 Å². The molecular weight excluding hydrogens is 555 g/mol. The standard InChI is InChI=1S/C36H41F5N2/c1-11-14-20(3)28-24(7)32(43(10)34(28)35(8,9)38)30(27-21(4)17-19(2)18-22(27)5)31-23(6)29(33(42-31)36(39,40)41)25-15-12-13-16-26(25)37/h12-13,15-18,34,42H,3,11,14H2,1-2,4-10H3/b32-30-. The van der Waals surface area contributed by atoms with Gasteiger partial charge in [-0.3, -0.25) is 0 Å². The van der Waals surface area contributed by atoms with E-state index in [1.165, 1.54) is 32.0 Å². The van der Waals surface area contributed by atoms with E-state index in [1.807, 2.05) is 51.7 Å². The van der Waals surface area contributed by atoms with Crippen LogP contribution in [-0.2, 0) is 6.18 Å². The molecule has 4 rings (SSSR count). The maximum atomic E-state index is 16.1. The summed E-state index contributed by atoms with van der Waals surface area (Å²) in [4.78, 5) is 4.55. The van der Waals surface area contributed by atoms with Crippen molar-refractivity contribution in [3.8, 4) is 11.1 Å². The van der Waals surface area contributed by atoms with Gasteiger partial charge in [0.05, 0.1) is 17.4 Å². The molecule has 43 heavy (non-hydrogen) atoms. The van der Waals surface area contributed by atoms with Crippen LogP contribution in [0.25, 0.3) is 16.7 Å². The molecule has 0 saturated heterocycles. The fourth-order valence-electron chi connectivity index (χ4n) is 6.98. The van der Waals surface area contributed by atoms with E-state index < -0.39 is 29.4 Å². The van der Waals surface area contributed by atoms with Crippen LogP contribution in [0.1, 0.15) is 79.7 Å². The highest BCUT2D eigenvalue weighted by Gasteiger charge is 2.45. The minimum atomic E-state index is -4.79. The number of aromatic amines is 1. The first kappa shape index (κ1) is 32.3. The molecule has 0 amide bonds. The Kier molecular flexibility index (Phi) is 8.62. The molecule has 1 unspecified atom stereocenters. The number of nitrogens with one attached hydrogen (secondary N) is 1. The van der Waals surface area contributed by atoms with Crippen LogP contribution in [0.15, 0.2) is 65.4 Å². The number of benzene rings is 2. The molecule has 1 aliphatic rings. The third-order valence-electron chi connectivity index (χ3n) is 8.45. The number of hydrogen-bond acceptors (Lipinski definition) is 1. The van der Waals surface area contributed by atoms with Crippen LogP contribution in [0.5, 0.6) is 0 Å². The van der Waals surface area contributed by atoms with E-state index in [4.69, 9.17) is 0 Å². The fourth-order valence-corrected chi connectivity index (χ4v) is 6.98. The van der Waals surface area contributed by atoms with Crippen molar-refractivity contribution in [3.63, 3.8) is 0 Å². The van der Waals surface area contributed by atoms with Crippen molar-refractivity contribution >= 4 is 5.57 Å². The van der Waals surface area contributed by atoms with E-state index in [2.05, 4.69) is 11.6 Å². The number of allylic oxidation sites excluding steroid dienone is 1. The lowest BCUT2D eigenvalue weighted by Gasteiger charge is -2.35. The quantitative estimate of drug-likeness (QED) is 0.269. The molecule has 1 atom stereocenters. The lowest BCUT2D eigenvalue weighted by molar-refractivity contribution is -0.140. The number of alkyl halides is 4. The Labute approximate surface area is 252 Å². The number of nitrogens with zero attached hydrogens (tertiary/aromatic N) is 1. The highest BCUT2D eigenvalue weighted by molar-refractivity contribution is 5.91. The molecule has 0 radical (unpaired) electrons. The Hall–Kier alpha value is -3.61. The molecule has 2 heterocycles. The molecule has 0 fully saturated rings. The van der Waals surface area contributed by atoms with Crippen molar-refractivity contribution in [3.05, 3.63) is 110 Å². The molecule has 0 aliphatic carbocycles. The maximum absolute atomic E-state index is 16.1. The second-order valence-corrected chi connectivity index (χ2v) is 12.3. The normalized spacial score (nSPS) is 17.3. The molecule has 1 N–H and O–H groups in total. The number of aryl methyl sites for hydroxylation is 3. The summed E-state index contributed by atoms with van der Waals surface area (Å²) < 4.78 is 75.2. The van der Waals surface area contributed by atoms with Gasteiger partial charge in [-0.05, 0) is 99.9 Å². The molecule has 0 saturated carbocycles. The number of H-pyrrole nitrogens is 1. The third-order valence-corrected chi connectivity index (χ3v) is 8.45. The maximum Gasteiger partial charge on any atom is 0.431 e. The molecule has 1 aliphatic heterocycles. The molecule has 1 aromatic heterocycles. The fraction of sp³-hybridized carbons (Fsp3) is 0.389. The summed E-state index contributed by atoms with van der Waals surface area (Å²) in [6, 6.07) is 8.78. The summed E-state index contributed by atoms with van der Waals surface area (Å²) in [5.74, 6) is -0.745. The monoisotopic (exact) mass is 596 g/mol. The topological polar surface area (TPSA) is 19.0 Å². The van der Waals surface area contributed by atoms with Gasteiger partial charge >= 0.3 is 6.18 Å². The molecule has 7 heteroatoms. The van der Waals surface area contributed by atoms with Crippen LogP contribution < -0.4 is 0 Å². The van der Waals surface area contributed by atoms with Crippen molar-refractivity contribution in [2.24, 2.45) is 0 Å². The SMILES string of the molecule is C=C(CCC)C1=C(C)/C(=C(/c2[nH]c(C(F)(F)F)c(-c3ccccc3F)c2C)c2c(C)cc(C)cc2C)N(C)C1C(C)(C)F. The lowest BCUT2D eigenvalue weighted by atomic mass is 9.85. The number of halogens is 5. The number of likely N-dealkylation sites (N-methyl/N-ethyl adjacent to an activating group) is 1. The average molecular weight is 597 g/mol. The minimum absolute atomic E-state index is 0.136. The van der Waals surface area contributed by atoms with Crippen LogP contribution in [0, 0.1) is 33.5 Å². The Morgan fingerprint density at radius 1 is 0.977 bits per heavy atom. The molecule has 0 bridgehead atoms. The van der Waals surface area contributed by atoms with Gasteiger partial charge < -0.3 is 9.88 Å². The summed E-state index contributed by atoms with van der Waals surface area (Å²) in [7, 11) is 1.79. The first-order chi connectivity index (χ1) is 19.9. The molecule has 2 nitrogen and oxygen atoms in total. The highest BCUT2D eigenvalue weighted by Crippen LogP contribution is 2.50. The van der Waals surface area contributed by atoms with Gasteiger partial charge in [-0.2, -0.15) is 13.2 Å². The van der Waals surface area contributed by atoms with E-state index in [1.54, 1.807) is 14.0 Å². The van der Waals surface area contributed by atoms with Crippen molar-refractivity contribution in [2.45, 2.75) is 86.1 Å². The minimum Gasteiger partial charge on any atom is -0.364 e. The van der Waals surface area contributed by atoms with Gasteiger partial charge in [0.1, 0.15) is 17.2 Å². The van der Waals surface area contributed by atoms with Gasteiger partial charge in [0.2, 0.25) is 0 Å². The molecule has 2 aromatic carbocycles. The molecular formula is C36H41F5N2. The van der Waals surface area contributed by atoms with Crippen molar-refractivity contribution in [1.29, 1.82) is 0 Å². The van der Waals surface area contributed by atoms with E-state index in [-0.39, 0.29) is 22.4 Å². The Morgan fingerprint density at radius 2 is 1.56 bits per heavy atom. The number of aromatic nitrogens is 1. The summed E-state index contributed by atoms with van der Waals surface area (Å²) in [5.41, 5.74) is 4.39. The molecule has 230 valence electrons. The Bertz CT molecular complexity index is 1620. The van der Waals surface area contributed by atoms with Gasteiger partial charge in [-0.15, -0.1) is 0 Å². The third kappa shape index (κ3) is 5.71. The van der Waals surface area contributed by atoms with Crippen molar-refractivity contribution in [2.75, 3.05) is 7.05 Å². The van der Waals surface area contributed by atoms with Gasteiger partial charge in [-0.25, -0.2) is 8.78 Å². The van der Waals surface area contributed by atoms with Crippen LogP contribution in [0.3, 0.4) is 0 Å². The van der Waals surface area contributed by atoms with Crippen LogP contribution in [-0.4, -0.2) is 28.6 Å².